The zero-order valence-corrected chi connectivity index (χ0v) is 26.0. The van der Waals surface area contributed by atoms with Crippen LogP contribution in [0.25, 0.3) is 22.3 Å². The second kappa shape index (κ2) is 15.3. The fourth-order valence-electron chi connectivity index (χ4n) is 5.33. The predicted molar refractivity (Wildman–Crippen MR) is 175 cm³/mol. The summed E-state index contributed by atoms with van der Waals surface area (Å²) in [5.74, 6) is 0.241. The van der Waals surface area contributed by atoms with Crippen LogP contribution in [0.5, 0.6) is 11.5 Å². The summed E-state index contributed by atoms with van der Waals surface area (Å²) >= 11 is 0. The summed E-state index contributed by atoms with van der Waals surface area (Å²) < 4.78 is 16.2. The normalized spacial score (nSPS) is 15.9. The van der Waals surface area contributed by atoms with E-state index in [-0.39, 0.29) is 11.5 Å². The van der Waals surface area contributed by atoms with Gasteiger partial charge in [-0.2, -0.15) is 0 Å². The Bertz CT molecular complexity index is 1570. The number of carbonyl (C=O) groups is 3. The van der Waals surface area contributed by atoms with Crippen LogP contribution in [-0.4, -0.2) is 36.2 Å². The SMILES string of the molecule is C=C(C)C(=O)OCCC1CCC(c2ccc(-c3cc(-c4ccc(OC(=O)C(=C)C)cc4)ccc3OC(=O)C(=C)CO)cc2)CC1. The fraction of sp³-hybridized carbons (Fsp3) is 0.289. The number of esters is 3. The van der Waals surface area contributed by atoms with E-state index >= 15 is 0 Å². The lowest BCUT2D eigenvalue weighted by atomic mass is 9.77. The molecule has 7 heteroatoms. The minimum atomic E-state index is -0.696. The molecule has 1 N–H and O–H groups in total. The molecule has 0 spiro atoms. The molecule has 234 valence electrons. The third-order valence-electron chi connectivity index (χ3n) is 8.06. The van der Waals surface area contributed by atoms with E-state index < -0.39 is 18.5 Å². The minimum absolute atomic E-state index is 0.0372. The van der Waals surface area contributed by atoms with Gasteiger partial charge in [-0.3, -0.25) is 0 Å². The van der Waals surface area contributed by atoms with Crippen molar-refractivity contribution in [3.63, 3.8) is 0 Å². The highest BCUT2D eigenvalue weighted by Gasteiger charge is 2.23. The molecule has 0 amide bonds. The van der Waals surface area contributed by atoms with Gasteiger partial charge >= 0.3 is 17.9 Å². The van der Waals surface area contributed by atoms with Gasteiger partial charge in [0, 0.05) is 16.7 Å². The molecule has 1 saturated carbocycles. The lowest BCUT2D eigenvalue weighted by Crippen LogP contribution is -2.16. The van der Waals surface area contributed by atoms with E-state index in [1.165, 1.54) is 5.56 Å². The van der Waals surface area contributed by atoms with Gasteiger partial charge in [0.15, 0.2) is 0 Å². The summed E-state index contributed by atoms with van der Waals surface area (Å²) in [6, 6.07) is 21.0. The van der Waals surface area contributed by atoms with Crippen molar-refractivity contribution in [2.75, 3.05) is 13.2 Å². The molecule has 0 unspecified atom stereocenters. The quantitative estimate of drug-likeness (QED) is 0.128. The molecule has 7 nitrogen and oxygen atoms in total. The highest BCUT2D eigenvalue weighted by molar-refractivity contribution is 5.92. The molecular formula is C38H40O7. The van der Waals surface area contributed by atoms with Crippen molar-refractivity contribution < 1.29 is 33.7 Å². The summed E-state index contributed by atoms with van der Waals surface area (Å²) in [5.41, 5.74) is 5.30. The van der Waals surface area contributed by atoms with Crippen LogP contribution < -0.4 is 9.47 Å². The topological polar surface area (TPSA) is 99.1 Å². The van der Waals surface area contributed by atoms with E-state index in [4.69, 9.17) is 14.2 Å². The summed E-state index contributed by atoms with van der Waals surface area (Å²) in [6.07, 6.45) is 5.17. The van der Waals surface area contributed by atoms with Crippen molar-refractivity contribution in [3.8, 4) is 33.8 Å². The molecule has 0 atom stereocenters. The van der Waals surface area contributed by atoms with Crippen LogP contribution in [-0.2, 0) is 19.1 Å². The molecule has 3 aromatic carbocycles. The molecule has 0 saturated heterocycles. The van der Waals surface area contributed by atoms with Gasteiger partial charge in [-0.1, -0.05) is 62.2 Å². The van der Waals surface area contributed by atoms with E-state index in [1.54, 1.807) is 32.0 Å². The number of aliphatic hydroxyl groups is 1. The van der Waals surface area contributed by atoms with E-state index in [9.17, 15) is 19.5 Å². The predicted octanol–water partition coefficient (Wildman–Crippen LogP) is 7.74. The Kier molecular flexibility index (Phi) is 11.3. The van der Waals surface area contributed by atoms with Crippen LogP contribution in [0.3, 0.4) is 0 Å². The lowest BCUT2D eigenvalue weighted by Gasteiger charge is -2.29. The summed E-state index contributed by atoms with van der Waals surface area (Å²) in [7, 11) is 0. The Balaban J connectivity index is 1.50. The maximum absolute atomic E-state index is 12.5. The molecule has 0 radical (unpaired) electrons. The molecule has 1 aliphatic carbocycles. The zero-order chi connectivity index (χ0) is 32.5. The maximum Gasteiger partial charge on any atom is 0.341 e. The monoisotopic (exact) mass is 608 g/mol. The van der Waals surface area contributed by atoms with Gasteiger partial charge in [0.1, 0.15) is 11.5 Å². The number of benzene rings is 3. The lowest BCUT2D eigenvalue weighted by molar-refractivity contribution is -0.139. The van der Waals surface area contributed by atoms with Gasteiger partial charge in [0.05, 0.1) is 18.8 Å². The molecule has 4 rings (SSSR count). The van der Waals surface area contributed by atoms with E-state index in [2.05, 4.69) is 31.9 Å². The average molecular weight is 609 g/mol. The summed E-state index contributed by atoms with van der Waals surface area (Å²) in [4.78, 5) is 36.0. The van der Waals surface area contributed by atoms with Gasteiger partial charge in [-0.05, 0) is 104 Å². The molecule has 0 aromatic heterocycles. The first-order chi connectivity index (χ1) is 21.5. The first-order valence-corrected chi connectivity index (χ1v) is 15.1. The van der Waals surface area contributed by atoms with Crippen molar-refractivity contribution in [3.05, 3.63) is 109 Å². The number of carbonyl (C=O) groups excluding carboxylic acids is 3. The molecule has 0 bridgehead atoms. The third-order valence-corrected chi connectivity index (χ3v) is 8.06. The maximum atomic E-state index is 12.5. The van der Waals surface area contributed by atoms with E-state index in [0.717, 1.165) is 48.8 Å². The molecule has 0 heterocycles. The van der Waals surface area contributed by atoms with Crippen LogP contribution >= 0.6 is 0 Å². The van der Waals surface area contributed by atoms with E-state index in [0.29, 0.717) is 46.7 Å². The van der Waals surface area contributed by atoms with Crippen molar-refractivity contribution in [1.82, 2.24) is 0 Å². The Morgan fingerprint density at radius 3 is 1.93 bits per heavy atom. The second-order valence-electron chi connectivity index (χ2n) is 11.6. The molecule has 3 aromatic rings. The van der Waals surface area contributed by atoms with Crippen LogP contribution in [0.1, 0.15) is 57.4 Å². The van der Waals surface area contributed by atoms with Crippen LogP contribution in [0, 0.1) is 5.92 Å². The average Bonchev–Trinajstić information content (AvgIpc) is 3.05. The van der Waals surface area contributed by atoms with Gasteiger partial charge in [-0.15, -0.1) is 0 Å². The van der Waals surface area contributed by atoms with Gasteiger partial charge in [0.2, 0.25) is 0 Å². The number of hydrogen-bond acceptors (Lipinski definition) is 7. The Morgan fingerprint density at radius 1 is 0.733 bits per heavy atom. The smallest absolute Gasteiger partial charge is 0.341 e. The molecule has 0 aliphatic heterocycles. The number of ether oxygens (including phenoxy) is 3. The van der Waals surface area contributed by atoms with Crippen molar-refractivity contribution >= 4 is 17.9 Å². The number of aliphatic hydroxyl groups excluding tert-OH is 1. The van der Waals surface area contributed by atoms with Crippen molar-refractivity contribution in [2.45, 2.75) is 51.9 Å². The Hall–Kier alpha value is -4.75. The van der Waals surface area contributed by atoms with E-state index in [1.807, 2.05) is 36.4 Å². The van der Waals surface area contributed by atoms with Gasteiger partial charge in [-0.25, -0.2) is 14.4 Å². The summed E-state index contributed by atoms with van der Waals surface area (Å²) in [6.45, 7) is 14.0. The Labute approximate surface area is 264 Å². The number of rotatable bonds is 12. The van der Waals surface area contributed by atoms with Gasteiger partial charge < -0.3 is 19.3 Å². The largest absolute Gasteiger partial charge is 0.462 e. The Morgan fingerprint density at radius 2 is 1.33 bits per heavy atom. The van der Waals surface area contributed by atoms with Crippen LogP contribution in [0.2, 0.25) is 0 Å². The first-order valence-electron chi connectivity index (χ1n) is 15.1. The highest BCUT2D eigenvalue weighted by atomic mass is 16.5. The minimum Gasteiger partial charge on any atom is -0.462 e. The number of hydrogen-bond donors (Lipinski definition) is 1. The zero-order valence-electron chi connectivity index (χ0n) is 26.0. The van der Waals surface area contributed by atoms with Crippen LogP contribution in [0.4, 0.5) is 0 Å². The van der Waals surface area contributed by atoms with Gasteiger partial charge in [0.25, 0.3) is 0 Å². The fourth-order valence-corrected chi connectivity index (χ4v) is 5.33. The standard InChI is InChI=1S/C38H40O7/c1-24(2)36(40)43-21-20-27-6-8-28(9-7-27)29-10-12-31(13-11-29)34-22-32(16-19-35(34)45-38(42)26(5)23-39)30-14-17-33(18-15-30)44-37(41)25(3)4/h10-19,22,27-28,39H,1,3,5-9,20-21,23H2,2,4H3. The molecular weight excluding hydrogens is 568 g/mol. The molecule has 1 aliphatic rings. The summed E-state index contributed by atoms with van der Waals surface area (Å²) in [5, 5.41) is 9.37. The van der Waals surface area contributed by atoms with Crippen molar-refractivity contribution in [1.29, 1.82) is 0 Å². The van der Waals surface area contributed by atoms with Crippen LogP contribution in [0.15, 0.2) is 103 Å². The first kappa shape index (κ1) is 33.1. The molecule has 1 fully saturated rings. The van der Waals surface area contributed by atoms with Crippen molar-refractivity contribution in [2.24, 2.45) is 5.92 Å². The third kappa shape index (κ3) is 8.89. The molecule has 45 heavy (non-hydrogen) atoms. The second-order valence-corrected chi connectivity index (χ2v) is 11.6. The highest BCUT2D eigenvalue weighted by Crippen LogP contribution is 2.39.